The van der Waals surface area contributed by atoms with Crippen molar-refractivity contribution in [2.75, 3.05) is 39.6 Å². The van der Waals surface area contributed by atoms with Crippen LogP contribution in [0.2, 0.25) is 25.7 Å². The molecule has 1 atom stereocenters. The third-order valence-corrected chi connectivity index (χ3v) is 8.70. The Bertz CT molecular complexity index is 706. The summed E-state index contributed by atoms with van der Waals surface area (Å²) in [5.41, 5.74) is -0.119. The van der Waals surface area contributed by atoms with E-state index in [-0.39, 0.29) is 42.8 Å². The molecule has 0 bridgehead atoms. The molecule has 0 radical (unpaired) electrons. The molecule has 2 aliphatic rings. The maximum absolute atomic E-state index is 13.3. The molecule has 0 aromatic heterocycles. The molecule has 1 saturated heterocycles. The Labute approximate surface area is 212 Å². The van der Waals surface area contributed by atoms with Crippen molar-refractivity contribution in [3.05, 3.63) is 0 Å². The smallest absolute Gasteiger partial charge is 0.329 e. The summed E-state index contributed by atoms with van der Waals surface area (Å²) in [6.07, 6.45) is 5.48. The van der Waals surface area contributed by atoms with E-state index in [0.29, 0.717) is 26.3 Å². The van der Waals surface area contributed by atoms with Gasteiger partial charge in [0.15, 0.2) is 0 Å². The van der Waals surface area contributed by atoms with E-state index in [0.717, 1.165) is 44.6 Å². The first-order valence-corrected chi connectivity index (χ1v) is 17.0. The zero-order valence-corrected chi connectivity index (χ0v) is 23.8. The Morgan fingerprint density at radius 2 is 1.83 bits per heavy atom. The highest BCUT2D eigenvalue weighted by atomic mass is 28.3. The van der Waals surface area contributed by atoms with Crippen molar-refractivity contribution >= 4 is 26.0 Å². The molecule has 2 rings (SSSR count). The fourth-order valence-corrected chi connectivity index (χ4v) is 5.32. The van der Waals surface area contributed by atoms with Crippen molar-refractivity contribution in [3.8, 4) is 0 Å². The van der Waals surface area contributed by atoms with Gasteiger partial charge in [-0.05, 0) is 50.5 Å². The lowest BCUT2D eigenvalue weighted by molar-refractivity contribution is -0.133. The number of carbonyl (C=O) groups is 3. The predicted octanol–water partition coefficient (Wildman–Crippen LogP) is 4.02. The van der Waals surface area contributed by atoms with E-state index in [2.05, 4.69) is 44.1 Å². The predicted molar refractivity (Wildman–Crippen MR) is 140 cm³/mol. The molecule has 1 aliphatic heterocycles. The second kappa shape index (κ2) is 13.6. The largest absolute Gasteiger partial charge is 0.379 e. The van der Waals surface area contributed by atoms with Gasteiger partial charge in [-0.25, -0.2) is 14.5 Å². The van der Waals surface area contributed by atoms with Crippen LogP contribution < -0.4 is 10.6 Å². The second-order valence-corrected chi connectivity index (χ2v) is 17.2. The topological polar surface area (TPSA) is 100 Å². The first kappa shape index (κ1) is 29.6. The van der Waals surface area contributed by atoms with Crippen LogP contribution in [0.25, 0.3) is 0 Å². The molecular weight excluding hydrogens is 464 g/mol. The van der Waals surface area contributed by atoms with Gasteiger partial charge in [0.25, 0.3) is 5.91 Å². The van der Waals surface area contributed by atoms with E-state index >= 15 is 0 Å². The molecule has 5 amide bonds. The van der Waals surface area contributed by atoms with Crippen molar-refractivity contribution in [2.24, 2.45) is 5.41 Å². The maximum Gasteiger partial charge on any atom is 0.329 e. The van der Waals surface area contributed by atoms with Crippen LogP contribution in [0.15, 0.2) is 0 Å². The second-order valence-electron chi connectivity index (χ2n) is 11.5. The van der Waals surface area contributed by atoms with Gasteiger partial charge in [-0.2, -0.15) is 0 Å². The van der Waals surface area contributed by atoms with Crippen LogP contribution in [-0.4, -0.2) is 87.6 Å². The van der Waals surface area contributed by atoms with E-state index in [9.17, 15) is 14.4 Å². The van der Waals surface area contributed by atoms with Crippen molar-refractivity contribution < 1.29 is 23.9 Å². The van der Waals surface area contributed by atoms with E-state index in [1.165, 1.54) is 4.90 Å². The summed E-state index contributed by atoms with van der Waals surface area (Å²) in [6, 6.07) is 0.119. The van der Waals surface area contributed by atoms with Gasteiger partial charge in [-0.15, -0.1) is 0 Å². The summed E-state index contributed by atoms with van der Waals surface area (Å²) in [5, 5.41) is 5.99. The molecule has 35 heavy (non-hydrogen) atoms. The lowest BCUT2D eigenvalue weighted by Gasteiger charge is -2.40. The molecule has 0 aromatic carbocycles. The number of hydrogen-bond acceptors (Lipinski definition) is 5. The van der Waals surface area contributed by atoms with E-state index in [4.69, 9.17) is 9.47 Å². The van der Waals surface area contributed by atoms with Crippen LogP contribution in [0.3, 0.4) is 0 Å². The highest BCUT2D eigenvalue weighted by molar-refractivity contribution is 6.76. The fraction of sp³-hybridized carbons (Fsp3) is 0.880. The Hall–Kier alpha value is -1.65. The van der Waals surface area contributed by atoms with Crippen LogP contribution in [0.5, 0.6) is 0 Å². The molecule has 2 N–H and O–H groups in total. The van der Waals surface area contributed by atoms with Crippen molar-refractivity contribution in [3.63, 3.8) is 0 Å². The third-order valence-electron chi connectivity index (χ3n) is 7.00. The summed E-state index contributed by atoms with van der Waals surface area (Å²) >= 11 is 0. The van der Waals surface area contributed by atoms with Gasteiger partial charge in [0.2, 0.25) is 0 Å². The van der Waals surface area contributed by atoms with Gasteiger partial charge in [-0.3, -0.25) is 4.79 Å². The first-order valence-electron chi connectivity index (χ1n) is 13.3. The number of urea groups is 2. The number of hydrogen-bond donors (Lipinski definition) is 2. The number of nitrogens with one attached hydrogen (secondary N) is 2. The first-order chi connectivity index (χ1) is 16.5. The minimum Gasteiger partial charge on any atom is -0.379 e. The fourth-order valence-electron chi connectivity index (χ4n) is 4.56. The molecule has 0 spiro atoms. The SMILES string of the molecule is CCCCNC(=O)NC1CCC(C)(CN2C(=O)N(COCC[Si](C)(C)C)C(=O)C2COCC)CC1. The van der Waals surface area contributed by atoms with Crippen LogP contribution in [-0.2, 0) is 14.3 Å². The zero-order valence-electron chi connectivity index (χ0n) is 22.8. The number of imide groups is 1. The van der Waals surface area contributed by atoms with Gasteiger partial charge in [0, 0.05) is 40.4 Å². The van der Waals surface area contributed by atoms with Gasteiger partial charge in [-0.1, -0.05) is 39.9 Å². The monoisotopic (exact) mass is 512 g/mol. The quantitative estimate of drug-likeness (QED) is 0.208. The van der Waals surface area contributed by atoms with Gasteiger partial charge in [0.05, 0.1) is 6.61 Å². The van der Waals surface area contributed by atoms with Crippen molar-refractivity contribution in [1.29, 1.82) is 0 Å². The third kappa shape index (κ3) is 9.38. The molecule has 10 heteroatoms. The summed E-state index contributed by atoms with van der Waals surface area (Å²) < 4.78 is 11.3. The summed E-state index contributed by atoms with van der Waals surface area (Å²) in [4.78, 5) is 41.4. The van der Waals surface area contributed by atoms with Gasteiger partial charge in [0.1, 0.15) is 12.8 Å². The zero-order chi connectivity index (χ0) is 26.1. The molecule has 1 saturated carbocycles. The normalized spacial score (nSPS) is 25.3. The lowest BCUT2D eigenvalue weighted by atomic mass is 9.73. The Balaban J connectivity index is 1.94. The van der Waals surface area contributed by atoms with E-state index < -0.39 is 14.1 Å². The molecule has 1 aliphatic carbocycles. The van der Waals surface area contributed by atoms with Gasteiger partial charge >= 0.3 is 12.1 Å². The minimum atomic E-state index is -1.25. The number of amides is 5. The lowest BCUT2D eigenvalue weighted by Crippen LogP contribution is -2.49. The van der Waals surface area contributed by atoms with Crippen LogP contribution in [0.4, 0.5) is 9.59 Å². The van der Waals surface area contributed by atoms with Crippen molar-refractivity contribution in [1.82, 2.24) is 20.4 Å². The number of carbonyl (C=O) groups excluding carboxylic acids is 3. The summed E-state index contributed by atoms with van der Waals surface area (Å²) in [7, 11) is -1.25. The molecule has 1 unspecified atom stereocenters. The van der Waals surface area contributed by atoms with E-state index in [1.54, 1.807) is 4.90 Å². The molecule has 202 valence electrons. The highest BCUT2D eigenvalue weighted by Gasteiger charge is 2.48. The average Bonchev–Trinajstić information content (AvgIpc) is 3.00. The highest BCUT2D eigenvalue weighted by Crippen LogP contribution is 2.38. The minimum absolute atomic E-state index is 0.00285. The van der Waals surface area contributed by atoms with Crippen LogP contribution in [0.1, 0.15) is 59.3 Å². The van der Waals surface area contributed by atoms with E-state index in [1.807, 2.05) is 6.92 Å². The Morgan fingerprint density at radius 1 is 1.14 bits per heavy atom. The molecule has 0 aromatic rings. The van der Waals surface area contributed by atoms with Crippen molar-refractivity contribution in [2.45, 2.75) is 97.1 Å². The molecule has 9 nitrogen and oxygen atoms in total. The number of rotatable bonds is 14. The Morgan fingerprint density at radius 3 is 2.43 bits per heavy atom. The summed E-state index contributed by atoms with van der Waals surface area (Å²) in [5.74, 6) is -0.237. The Kier molecular flexibility index (Phi) is 11.5. The summed E-state index contributed by atoms with van der Waals surface area (Å²) in [6.45, 7) is 15.4. The van der Waals surface area contributed by atoms with Crippen LogP contribution in [0, 0.1) is 5.41 Å². The van der Waals surface area contributed by atoms with Crippen LogP contribution >= 0.6 is 0 Å². The standard InChI is InChI=1S/C25H48N4O5Si/c1-7-9-14-26-23(31)27-20-10-12-25(3,13-11-20)18-28-21(17-33-8-2)22(30)29(24(28)32)19-34-15-16-35(4,5)6/h20-21H,7-19H2,1-6H3,(H2,26,27,31). The maximum atomic E-state index is 13.3. The number of ether oxygens (including phenoxy) is 2. The average molecular weight is 513 g/mol. The van der Waals surface area contributed by atoms with Gasteiger partial charge < -0.3 is 25.0 Å². The number of nitrogens with zero attached hydrogens (tertiary/aromatic N) is 2. The number of unbranched alkanes of at least 4 members (excludes halogenated alkanes) is 1. The molecule has 1 heterocycles. The molecular formula is C25H48N4O5Si. The molecule has 2 fully saturated rings.